The van der Waals surface area contributed by atoms with E-state index in [1.165, 1.54) is 11.8 Å². The van der Waals surface area contributed by atoms with Gasteiger partial charge in [-0.25, -0.2) is 0 Å². The second-order valence-electron chi connectivity index (χ2n) is 4.22. The Bertz CT molecular complexity index is 586. The molecule has 2 aromatic rings. The van der Waals surface area contributed by atoms with Crippen LogP contribution in [0.5, 0.6) is 0 Å². The first-order valence-electron chi connectivity index (χ1n) is 6.78. The van der Waals surface area contributed by atoms with Crippen molar-refractivity contribution in [2.45, 2.75) is 23.9 Å². The van der Waals surface area contributed by atoms with E-state index in [2.05, 4.69) is 39.0 Å². The molecule has 2 rings (SSSR count). The van der Waals surface area contributed by atoms with E-state index < -0.39 is 0 Å². The summed E-state index contributed by atoms with van der Waals surface area (Å²) in [6.45, 7) is 5.88. The summed E-state index contributed by atoms with van der Waals surface area (Å²) >= 11 is 7.39. The van der Waals surface area contributed by atoms with Crippen LogP contribution in [0.2, 0.25) is 5.02 Å². The fraction of sp³-hybridized carbons (Fsp3) is 0.357. The van der Waals surface area contributed by atoms with Crippen LogP contribution < -0.4 is 10.2 Å². The minimum Gasteiger partial charge on any atom is -0.357 e. The van der Waals surface area contributed by atoms with E-state index in [1.807, 2.05) is 24.3 Å². The van der Waals surface area contributed by atoms with Crippen LogP contribution in [0.3, 0.4) is 0 Å². The second-order valence-corrected chi connectivity index (χ2v) is 5.70. The summed E-state index contributed by atoms with van der Waals surface area (Å²) in [4.78, 5) is 16.5. The SMILES string of the molecule is CCN(CC)c1nc(NC)nc(Sc2ccc(Cl)cc2)n1. The molecule has 0 fully saturated rings. The lowest BCUT2D eigenvalue weighted by Crippen LogP contribution is -2.25. The number of nitrogens with one attached hydrogen (secondary N) is 1. The van der Waals surface area contributed by atoms with E-state index in [1.54, 1.807) is 7.05 Å². The van der Waals surface area contributed by atoms with Crippen molar-refractivity contribution in [3.8, 4) is 0 Å². The summed E-state index contributed by atoms with van der Waals surface area (Å²) < 4.78 is 0. The third kappa shape index (κ3) is 4.22. The third-order valence-corrected chi connectivity index (χ3v) is 4.02. The predicted octanol–water partition coefficient (Wildman–Crippen LogP) is 3.56. The van der Waals surface area contributed by atoms with Crippen LogP contribution in [-0.2, 0) is 0 Å². The van der Waals surface area contributed by atoms with E-state index in [0.717, 1.165) is 23.0 Å². The molecular formula is C14H18ClN5S. The summed E-state index contributed by atoms with van der Waals surface area (Å²) in [6.07, 6.45) is 0. The van der Waals surface area contributed by atoms with Crippen LogP contribution >= 0.6 is 23.4 Å². The lowest BCUT2D eigenvalue weighted by atomic mass is 10.4. The van der Waals surface area contributed by atoms with Crippen molar-refractivity contribution < 1.29 is 0 Å². The van der Waals surface area contributed by atoms with Gasteiger partial charge < -0.3 is 10.2 Å². The molecule has 0 radical (unpaired) electrons. The first-order chi connectivity index (χ1) is 10.2. The number of hydrogen-bond donors (Lipinski definition) is 1. The smallest absolute Gasteiger partial charge is 0.231 e. The highest BCUT2D eigenvalue weighted by Gasteiger charge is 2.11. The van der Waals surface area contributed by atoms with Gasteiger partial charge in [-0.15, -0.1) is 0 Å². The zero-order chi connectivity index (χ0) is 15.2. The average molecular weight is 324 g/mol. The minimum absolute atomic E-state index is 0.573. The first kappa shape index (κ1) is 15.9. The Morgan fingerprint density at radius 2 is 1.76 bits per heavy atom. The Morgan fingerprint density at radius 3 is 2.33 bits per heavy atom. The topological polar surface area (TPSA) is 53.9 Å². The van der Waals surface area contributed by atoms with Gasteiger partial charge in [-0.1, -0.05) is 11.6 Å². The van der Waals surface area contributed by atoms with Crippen LogP contribution in [0, 0.1) is 0 Å². The predicted molar refractivity (Wildman–Crippen MR) is 88.5 cm³/mol. The lowest BCUT2D eigenvalue weighted by Gasteiger charge is -2.19. The molecule has 1 heterocycles. The van der Waals surface area contributed by atoms with Gasteiger partial charge in [-0.3, -0.25) is 0 Å². The van der Waals surface area contributed by atoms with E-state index in [4.69, 9.17) is 11.6 Å². The van der Waals surface area contributed by atoms with Crippen molar-refractivity contribution in [3.63, 3.8) is 0 Å². The maximum Gasteiger partial charge on any atom is 0.231 e. The number of benzene rings is 1. The van der Waals surface area contributed by atoms with E-state index in [0.29, 0.717) is 17.1 Å². The molecule has 0 bridgehead atoms. The van der Waals surface area contributed by atoms with Crippen molar-refractivity contribution in [1.82, 2.24) is 15.0 Å². The summed E-state index contributed by atoms with van der Waals surface area (Å²) in [5.41, 5.74) is 0. The number of halogens is 1. The number of anilines is 2. The lowest BCUT2D eigenvalue weighted by molar-refractivity contribution is 0.785. The Labute approximate surface area is 134 Å². The molecule has 0 atom stereocenters. The van der Waals surface area contributed by atoms with Crippen LogP contribution in [0.4, 0.5) is 11.9 Å². The van der Waals surface area contributed by atoms with Crippen LogP contribution in [0.25, 0.3) is 0 Å². The summed E-state index contributed by atoms with van der Waals surface area (Å²) in [5.74, 6) is 1.26. The summed E-state index contributed by atoms with van der Waals surface area (Å²) in [6, 6.07) is 7.62. The van der Waals surface area contributed by atoms with E-state index in [9.17, 15) is 0 Å². The highest BCUT2D eigenvalue weighted by molar-refractivity contribution is 7.99. The first-order valence-corrected chi connectivity index (χ1v) is 7.97. The highest BCUT2D eigenvalue weighted by atomic mass is 35.5. The molecule has 112 valence electrons. The van der Waals surface area contributed by atoms with Crippen LogP contribution in [0.15, 0.2) is 34.3 Å². The van der Waals surface area contributed by atoms with Crippen LogP contribution in [-0.4, -0.2) is 35.1 Å². The normalized spacial score (nSPS) is 10.5. The zero-order valence-corrected chi connectivity index (χ0v) is 13.9. The summed E-state index contributed by atoms with van der Waals surface area (Å²) in [5, 5.41) is 4.37. The highest BCUT2D eigenvalue weighted by Crippen LogP contribution is 2.27. The zero-order valence-electron chi connectivity index (χ0n) is 12.3. The van der Waals surface area contributed by atoms with Gasteiger partial charge in [0.1, 0.15) is 0 Å². The van der Waals surface area contributed by atoms with Crippen molar-refractivity contribution in [2.75, 3.05) is 30.4 Å². The van der Waals surface area contributed by atoms with Gasteiger partial charge in [-0.05, 0) is 49.9 Å². The number of nitrogens with zero attached hydrogens (tertiary/aromatic N) is 4. The quantitative estimate of drug-likeness (QED) is 0.877. The number of hydrogen-bond acceptors (Lipinski definition) is 6. The van der Waals surface area contributed by atoms with Crippen molar-refractivity contribution >= 4 is 35.3 Å². The Morgan fingerprint density at radius 1 is 1.10 bits per heavy atom. The number of aromatic nitrogens is 3. The van der Waals surface area contributed by atoms with Gasteiger partial charge in [0.2, 0.25) is 11.9 Å². The molecule has 21 heavy (non-hydrogen) atoms. The molecule has 0 amide bonds. The molecule has 0 aliphatic heterocycles. The van der Waals surface area contributed by atoms with Gasteiger partial charge in [0.05, 0.1) is 0 Å². The average Bonchev–Trinajstić information content (AvgIpc) is 2.50. The molecule has 0 saturated heterocycles. The Kier molecular flexibility index (Phi) is 5.64. The second kappa shape index (κ2) is 7.47. The van der Waals surface area contributed by atoms with E-state index >= 15 is 0 Å². The maximum absolute atomic E-state index is 5.90. The molecule has 7 heteroatoms. The monoisotopic (exact) mass is 323 g/mol. The van der Waals surface area contributed by atoms with Gasteiger partial charge in [0.25, 0.3) is 0 Å². The van der Waals surface area contributed by atoms with Crippen molar-refractivity contribution in [2.24, 2.45) is 0 Å². The Balaban J connectivity index is 2.29. The fourth-order valence-electron chi connectivity index (χ4n) is 1.76. The molecule has 1 N–H and O–H groups in total. The third-order valence-electron chi connectivity index (χ3n) is 2.90. The standard InChI is InChI=1S/C14H18ClN5S/c1-4-20(5-2)13-17-12(16-3)18-14(19-13)21-11-8-6-10(15)7-9-11/h6-9H,4-5H2,1-3H3,(H,16,17,18,19). The van der Waals surface area contributed by atoms with Crippen LogP contribution in [0.1, 0.15) is 13.8 Å². The largest absolute Gasteiger partial charge is 0.357 e. The van der Waals surface area contributed by atoms with Gasteiger partial charge in [0.15, 0.2) is 5.16 Å². The molecule has 0 aliphatic carbocycles. The Hall–Kier alpha value is -1.53. The molecule has 1 aromatic heterocycles. The molecule has 0 saturated carbocycles. The van der Waals surface area contributed by atoms with Gasteiger partial charge in [-0.2, -0.15) is 15.0 Å². The molecule has 0 unspecified atom stereocenters. The molecule has 5 nitrogen and oxygen atoms in total. The number of rotatable bonds is 6. The van der Waals surface area contributed by atoms with Gasteiger partial charge >= 0.3 is 0 Å². The van der Waals surface area contributed by atoms with Crippen molar-refractivity contribution in [1.29, 1.82) is 0 Å². The molecule has 0 spiro atoms. The van der Waals surface area contributed by atoms with Crippen molar-refractivity contribution in [3.05, 3.63) is 29.3 Å². The summed E-state index contributed by atoms with van der Waals surface area (Å²) in [7, 11) is 1.80. The van der Waals surface area contributed by atoms with Gasteiger partial charge in [0, 0.05) is 30.1 Å². The maximum atomic E-state index is 5.90. The molecule has 1 aromatic carbocycles. The minimum atomic E-state index is 0.573. The van der Waals surface area contributed by atoms with E-state index in [-0.39, 0.29) is 0 Å². The fourth-order valence-corrected chi connectivity index (χ4v) is 2.63. The molecular weight excluding hydrogens is 306 g/mol. The molecule has 0 aliphatic rings.